The molecule has 8 heteroatoms. The molecule has 0 aromatic heterocycles. The fourth-order valence-electron chi connectivity index (χ4n) is 4.40. The molecule has 0 fully saturated rings. The molecule has 37 heavy (non-hydrogen) atoms. The molecule has 0 aliphatic heterocycles. The van der Waals surface area contributed by atoms with E-state index in [0.29, 0.717) is 12.2 Å². The van der Waals surface area contributed by atoms with Crippen molar-refractivity contribution in [2.24, 2.45) is 0 Å². The lowest BCUT2D eigenvalue weighted by Crippen LogP contribution is -2.44. The molecule has 0 N–H and O–H groups in total. The number of ether oxygens (including phenoxy) is 3. The number of hydrogen-bond acceptors (Lipinski definition) is 6. The second kappa shape index (κ2) is 16.4. The van der Waals surface area contributed by atoms with E-state index in [1.165, 1.54) is 19.8 Å². The van der Waals surface area contributed by atoms with Gasteiger partial charge in [-0.2, -0.15) is 0 Å². The highest BCUT2D eigenvalue weighted by Crippen LogP contribution is 2.27. The molecule has 2 rings (SSSR count). The molecule has 0 heterocycles. The lowest BCUT2D eigenvalue weighted by molar-refractivity contribution is -0.139. The van der Waals surface area contributed by atoms with E-state index in [1.807, 2.05) is 36.4 Å². The predicted octanol–water partition coefficient (Wildman–Crippen LogP) is 7.81. The fourth-order valence-corrected chi connectivity index (χ4v) is 13.3. The van der Waals surface area contributed by atoms with Gasteiger partial charge in [0.2, 0.25) is 0 Å². The summed E-state index contributed by atoms with van der Waals surface area (Å²) in [4.78, 5) is 23.2. The van der Waals surface area contributed by atoms with E-state index in [-0.39, 0.29) is 20.8 Å². The van der Waals surface area contributed by atoms with Gasteiger partial charge in [-0.05, 0) is 86.7 Å². The van der Waals surface area contributed by atoms with Gasteiger partial charge in [0.15, 0.2) is 16.6 Å². The summed E-state index contributed by atoms with van der Waals surface area (Å²) < 4.78 is 21.6. The molecule has 0 unspecified atom stereocenters. The van der Waals surface area contributed by atoms with Crippen LogP contribution in [0.2, 0.25) is 38.3 Å². The van der Waals surface area contributed by atoms with E-state index < -0.39 is 22.8 Å². The first-order valence-corrected chi connectivity index (χ1v) is 18.5. The second-order valence-corrected chi connectivity index (χ2v) is 18.9. The van der Waals surface area contributed by atoms with Gasteiger partial charge in [0, 0.05) is 0 Å². The fraction of sp³-hybridized carbons (Fsp3) is 0.517. The maximum absolute atomic E-state index is 11.7. The monoisotopic (exact) mass is 548 g/mol. The van der Waals surface area contributed by atoms with Crippen LogP contribution in [0.15, 0.2) is 48.5 Å². The number of rotatable bonds is 13. The van der Waals surface area contributed by atoms with Crippen molar-refractivity contribution in [2.45, 2.75) is 85.2 Å². The highest BCUT2D eigenvalue weighted by molar-refractivity contribution is 6.84. The Bertz CT molecular complexity index is 897. The van der Waals surface area contributed by atoms with Gasteiger partial charge >= 0.3 is 12.1 Å². The van der Waals surface area contributed by atoms with Crippen LogP contribution < -0.4 is 4.74 Å². The minimum absolute atomic E-state index is 0. The smallest absolute Gasteiger partial charge is 0.469 e. The molecule has 0 aliphatic rings. The van der Waals surface area contributed by atoms with Gasteiger partial charge in [-0.1, -0.05) is 57.3 Å². The van der Waals surface area contributed by atoms with Crippen molar-refractivity contribution in [3.63, 3.8) is 0 Å². The van der Waals surface area contributed by atoms with Crippen molar-refractivity contribution in [1.29, 1.82) is 0 Å². The molecule has 0 aliphatic carbocycles. The number of methoxy groups -OCH3 is 2. The Hall–Kier alpha value is -2.43. The van der Waals surface area contributed by atoms with E-state index in [2.05, 4.69) is 37.0 Å². The summed E-state index contributed by atoms with van der Waals surface area (Å²) in [5, 5.41) is 0. The van der Waals surface area contributed by atoms with Crippen LogP contribution in [0, 0.1) is 0 Å². The maximum Gasteiger partial charge on any atom is 0.513 e. The average molecular weight is 549 g/mol. The molecule has 0 atom stereocenters. The Balaban J connectivity index is 0.00000648. The van der Waals surface area contributed by atoms with E-state index >= 15 is 0 Å². The second-order valence-electron chi connectivity index (χ2n) is 10.0. The molecular weight excluding hydrogens is 500 g/mol. The van der Waals surface area contributed by atoms with Crippen molar-refractivity contribution in [2.75, 3.05) is 14.2 Å². The number of benzene rings is 2. The average Bonchev–Trinajstić information content (AvgIpc) is 2.80. The Morgan fingerprint density at radius 3 is 1.73 bits per heavy atom. The van der Waals surface area contributed by atoms with Crippen LogP contribution in [0.1, 0.15) is 44.4 Å². The van der Waals surface area contributed by atoms with Crippen LogP contribution in [-0.2, 0) is 37.6 Å². The number of carbonyl (C=O) groups excluding carboxylic acids is 2. The predicted molar refractivity (Wildman–Crippen MR) is 157 cm³/mol. The summed E-state index contributed by atoms with van der Waals surface area (Å²) in [5.41, 5.74) is 3.27. The maximum atomic E-state index is 11.7. The molecule has 0 spiro atoms. The molecule has 6 nitrogen and oxygen atoms in total. The molecule has 0 amide bonds. The first kappa shape index (κ1) is 34.6. The van der Waals surface area contributed by atoms with E-state index in [9.17, 15) is 9.59 Å². The summed E-state index contributed by atoms with van der Waals surface area (Å²) in [6.07, 6.45) is 3.40. The van der Waals surface area contributed by atoms with Crippen LogP contribution in [0.25, 0.3) is 0 Å². The molecule has 0 radical (unpaired) electrons. The minimum atomic E-state index is -1.85. The first-order valence-electron chi connectivity index (χ1n) is 12.2. The Labute approximate surface area is 226 Å². The molecule has 0 saturated heterocycles. The highest BCUT2D eigenvalue weighted by atomic mass is 28.4. The third-order valence-corrected chi connectivity index (χ3v) is 13.6. The first-order chi connectivity index (χ1) is 16.5. The van der Waals surface area contributed by atoms with Gasteiger partial charge in [0.05, 0.1) is 20.6 Å². The van der Waals surface area contributed by atoms with E-state index in [1.54, 1.807) is 6.07 Å². The van der Waals surface area contributed by atoms with Crippen LogP contribution >= 0.6 is 0 Å². The molecular formula is C29H48O6Si2. The van der Waals surface area contributed by atoms with Gasteiger partial charge in [0.25, 0.3) is 0 Å². The third kappa shape index (κ3) is 12.6. The largest absolute Gasteiger partial charge is 0.513 e. The van der Waals surface area contributed by atoms with E-state index in [4.69, 9.17) is 13.6 Å². The zero-order chi connectivity index (χ0) is 25.9. The summed E-state index contributed by atoms with van der Waals surface area (Å²) in [7, 11) is -0.943. The Kier molecular flexibility index (Phi) is 15.3. The van der Waals surface area contributed by atoms with Crippen molar-refractivity contribution < 1.29 is 27.9 Å². The molecule has 2 aromatic rings. The number of aryl methyl sites for hydroxylation is 2. The minimum Gasteiger partial charge on any atom is -0.469 e. The lowest BCUT2D eigenvalue weighted by atomic mass is 10.0. The molecule has 0 bridgehead atoms. The van der Waals surface area contributed by atoms with Gasteiger partial charge in [-0.3, -0.25) is 4.79 Å². The van der Waals surface area contributed by atoms with E-state index in [0.717, 1.165) is 48.9 Å². The number of esters is 1. The van der Waals surface area contributed by atoms with Crippen LogP contribution in [-0.4, -0.2) is 43.0 Å². The van der Waals surface area contributed by atoms with Gasteiger partial charge < -0.3 is 18.3 Å². The lowest BCUT2D eigenvalue weighted by Gasteiger charge is -2.34. The van der Waals surface area contributed by atoms with Crippen LogP contribution in [0.3, 0.4) is 0 Å². The Morgan fingerprint density at radius 2 is 1.19 bits per heavy atom. The number of carbonyl (C=O) groups is 2. The summed E-state index contributed by atoms with van der Waals surface area (Å²) in [5.74, 6) is 0.352. The quantitative estimate of drug-likeness (QED) is 0.144. The third-order valence-electron chi connectivity index (χ3n) is 6.02. The SMILES string of the molecule is C.C.COC(=O)Cc1ccccc1CCC[Si](C)(C)O[Si](C)(C)CCCc1ccccc1OC(=O)OC. The summed E-state index contributed by atoms with van der Waals surface area (Å²) in [6, 6.07) is 17.8. The zero-order valence-electron chi connectivity index (χ0n) is 22.0. The number of para-hydroxylation sites is 1. The number of hydrogen-bond donors (Lipinski definition) is 0. The van der Waals surface area contributed by atoms with Crippen LogP contribution in [0.5, 0.6) is 5.75 Å². The van der Waals surface area contributed by atoms with Gasteiger partial charge in [0.1, 0.15) is 5.75 Å². The standard InChI is InChI=1S/C27H40O6Si2.2CH4/c1-30-26(28)21-24-15-8-7-13-22(24)16-11-19-34(3,4)33-35(5,6)20-12-17-23-14-9-10-18-25(23)32-27(29)31-2;;/h7-10,13-15,18H,11-12,16-17,19-21H2,1-6H3;2*1H4. The van der Waals surface area contributed by atoms with Crippen molar-refractivity contribution in [3.8, 4) is 5.75 Å². The van der Waals surface area contributed by atoms with Crippen molar-refractivity contribution >= 4 is 28.8 Å². The summed E-state index contributed by atoms with van der Waals surface area (Å²) >= 11 is 0. The molecule has 0 saturated carbocycles. The highest BCUT2D eigenvalue weighted by Gasteiger charge is 2.32. The van der Waals surface area contributed by atoms with Crippen molar-refractivity contribution in [3.05, 3.63) is 65.2 Å². The summed E-state index contributed by atoms with van der Waals surface area (Å²) in [6.45, 7) is 9.21. The molecule has 208 valence electrons. The normalized spacial score (nSPS) is 11.1. The topological polar surface area (TPSA) is 71.1 Å². The Morgan fingerprint density at radius 1 is 0.703 bits per heavy atom. The molecule has 2 aromatic carbocycles. The van der Waals surface area contributed by atoms with Gasteiger partial charge in [-0.25, -0.2) is 4.79 Å². The van der Waals surface area contributed by atoms with Crippen molar-refractivity contribution in [1.82, 2.24) is 0 Å². The van der Waals surface area contributed by atoms with Crippen LogP contribution in [0.4, 0.5) is 4.79 Å². The zero-order valence-corrected chi connectivity index (χ0v) is 24.0. The van der Waals surface area contributed by atoms with Gasteiger partial charge in [-0.15, -0.1) is 0 Å².